The predicted octanol–water partition coefficient (Wildman–Crippen LogP) is 5.59. The van der Waals surface area contributed by atoms with E-state index in [0.29, 0.717) is 12.6 Å². The lowest BCUT2D eigenvalue weighted by Crippen LogP contribution is -2.45. The third-order valence-electron chi connectivity index (χ3n) is 9.26. The summed E-state index contributed by atoms with van der Waals surface area (Å²) in [6.07, 6.45) is 5.47. The van der Waals surface area contributed by atoms with Gasteiger partial charge in [0.25, 0.3) is 0 Å². The van der Waals surface area contributed by atoms with Crippen LogP contribution in [0.2, 0.25) is 0 Å². The number of amides is 1. The quantitative estimate of drug-likeness (QED) is 0.324. The van der Waals surface area contributed by atoms with Gasteiger partial charge in [0.1, 0.15) is 0 Å². The maximum absolute atomic E-state index is 11.5. The molecular weight excluding hydrogens is 538 g/mol. The van der Waals surface area contributed by atoms with Crippen LogP contribution in [0.15, 0.2) is 72.8 Å². The first-order valence-corrected chi connectivity index (χ1v) is 16.0. The smallest absolute Gasteiger partial charge is 0.217 e. The summed E-state index contributed by atoms with van der Waals surface area (Å²) >= 11 is 0. The lowest BCUT2D eigenvalue weighted by Gasteiger charge is -2.39. The molecule has 4 unspecified atom stereocenters. The molecule has 1 amide bonds. The number of nitrogens with zero attached hydrogens (tertiary/aromatic N) is 2. The van der Waals surface area contributed by atoms with Crippen LogP contribution in [0.1, 0.15) is 73.7 Å². The molecule has 0 aliphatic carbocycles. The summed E-state index contributed by atoms with van der Waals surface area (Å²) in [4.78, 5) is 16.8. The summed E-state index contributed by atoms with van der Waals surface area (Å²) in [7, 11) is 0. The highest BCUT2D eigenvalue weighted by atomic mass is 16.7. The summed E-state index contributed by atoms with van der Waals surface area (Å²) in [6.45, 7) is 7.76. The Bertz CT molecular complexity index is 1340. The lowest BCUT2D eigenvalue weighted by atomic mass is 9.97. The first-order chi connectivity index (χ1) is 21.1. The fourth-order valence-corrected chi connectivity index (χ4v) is 6.90. The van der Waals surface area contributed by atoms with Crippen LogP contribution in [0.5, 0.6) is 0 Å². The van der Waals surface area contributed by atoms with Crippen LogP contribution in [-0.2, 0) is 27.4 Å². The minimum atomic E-state index is -0.468. The number of nitrogens with one attached hydrogen (secondary N) is 1. The Kier molecular flexibility index (Phi) is 9.86. The van der Waals surface area contributed by atoms with Gasteiger partial charge in [0, 0.05) is 44.6 Å². The minimum Gasteiger partial charge on any atom is -0.392 e. The molecule has 3 aliphatic rings. The fourth-order valence-electron chi connectivity index (χ4n) is 6.90. The van der Waals surface area contributed by atoms with Crippen LogP contribution in [0.25, 0.3) is 11.1 Å². The van der Waals surface area contributed by atoms with Gasteiger partial charge in [-0.05, 0) is 73.1 Å². The molecular formula is C36H45N3O4. The van der Waals surface area contributed by atoms with Gasteiger partial charge in [-0.1, -0.05) is 72.8 Å². The molecule has 3 aromatic rings. The van der Waals surface area contributed by atoms with Gasteiger partial charge in [-0.15, -0.1) is 0 Å². The summed E-state index contributed by atoms with van der Waals surface area (Å²) in [5.41, 5.74) is 6.30. The molecule has 4 atom stereocenters. The van der Waals surface area contributed by atoms with Crippen LogP contribution in [0.3, 0.4) is 0 Å². The number of likely N-dealkylation sites (tertiary alicyclic amines) is 2. The molecule has 2 N–H and O–H groups in total. The van der Waals surface area contributed by atoms with Gasteiger partial charge >= 0.3 is 0 Å². The van der Waals surface area contributed by atoms with Gasteiger partial charge in [-0.2, -0.15) is 0 Å². The summed E-state index contributed by atoms with van der Waals surface area (Å²) in [6, 6.07) is 25.4. The highest BCUT2D eigenvalue weighted by Crippen LogP contribution is 2.39. The number of benzene rings is 3. The Morgan fingerprint density at radius 1 is 0.884 bits per heavy atom. The van der Waals surface area contributed by atoms with E-state index in [9.17, 15) is 9.90 Å². The van der Waals surface area contributed by atoms with Crippen molar-refractivity contribution in [1.29, 1.82) is 0 Å². The van der Waals surface area contributed by atoms with Crippen molar-refractivity contribution in [2.75, 3.05) is 32.7 Å². The largest absolute Gasteiger partial charge is 0.392 e. The second kappa shape index (κ2) is 14.1. The molecule has 3 aliphatic heterocycles. The van der Waals surface area contributed by atoms with E-state index >= 15 is 0 Å². The molecule has 3 heterocycles. The number of hydrogen-bond donors (Lipinski definition) is 2. The van der Waals surface area contributed by atoms with E-state index in [1.54, 1.807) is 6.92 Å². The van der Waals surface area contributed by atoms with Crippen molar-refractivity contribution < 1.29 is 19.4 Å². The van der Waals surface area contributed by atoms with E-state index in [2.05, 4.69) is 63.6 Å². The maximum Gasteiger partial charge on any atom is 0.217 e. The molecule has 3 fully saturated rings. The molecule has 6 rings (SSSR count). The number of aliphatic hydroxyl groups is 1. The second-order valence-electron chi connectivity index (χ2n) is 12.3. The highest BCUT2D eigenvalue weighted by Gasteiger charge is 2.36. The van der Waals surface area contributed by atoms with Gasteiger partial charge in [0.2, 0.25) is 5.91 Å². The predicted molar refractivity (Wildman–Crippen MR) is 168 cm³/mol. The van der Waals surface area contributed by atoms with Crippen molar-refractivity contribution >= 4 is 5.91 Å². The number of carbonyl (C=O) groups excluding carboxylic acids is 1. The molecule has 0 aromatic heterocycles. The molecule has 7 heteroatoms. The van der Waals surface area contributed by atoms with E-state index in [1.807, 2.05) is 24.3 Å². The van der Waals surface area contributed by atoms with Gasteiger partial charge in [-0.3, -0.25) is 9.69 Å². The Morgan fingerprint density at radius 2 is 1.63 bits per heavy atom. The zero-order valence-electron chi connectivity index (χ0n) is 25.3. The van der Waals surface area contributed by atoms with Gasteiger partial charge < -0.3 is 24.8 Å². The molecule has 0 radical (unpaired) electrons. The lowest BCUT2D eigenvalue weighted by molar-refractivity contribution is -0.253. The van der Waals surface area contributed by atoms with Crippen LogP contribution in [0, 0.1) is 0 Å². The monoisotopic (exact) mass is 583 g/mol. The van der Waals surface area contributed by atoms with Crippen molar-refractivity contribution in [1.82, 2.24) is 15.1 Å². The minimum absolute atomic E-state index is 0.0355. The first-order valence-electron chi connectivity index (χ1n) is 16.0. The summed E-state index contributed by atoms with van der Waals surface area (Å²) < 4.78 is 13.4. The molecule has 43 heavy (non-hydrogen) atoms. The Balaban J connectivity index is 1.20. The SMILES string of the molecule is CC(=O)NCc1ccccc1-c1ccc(C2OC(CN3CCCC3CN3CCCC3)CC(c3ccc(CO)cc3)O2)cc1. The molecule has 0 bridgehead atoms. The molecule has 3 aromatic carbocycles. The van der Waals surface area contributed by atoms with E-state index in [-0.39, 0.29) is 24.7 Å². The van der Waals surface area contributed by atoms with E-state index in [0.717, 1.165) is 52.9 Å². The zero-order chi connectivity index (χ0) is 29.6. The van der Waals surface area contributed by atoms with Crippen LogP contribution < -0.4 is 5.32 Å². The van der Waals surface area contributed by atoms with Crippen LogP contribution in [0.4, 0.5) is 0 Å². The van der Waals surface area contributed by atoms with Crippen molar-refractivity contribution in [2.24, 2.45) is 0 Å². The molecule has 0 saturated carbocycles. The highest BCUT2D eigenvalue weighted by molar-refractivity contribution is 5.74. The Morgan fingerprint density at radius 3 is 2.37 bits per heavy atom. The Labute approximate surface area is 255 Å². The second-order valence-corrected chi connectivity index (χ2v) is 12.3. The number of hydrogen-bond acceptors (Lipinski definition) is 6. The van der Waals surface area contributed by atoms with Crippen molar-refractivity contribution in [3.05, 3.63) is 95.1 Å². The number of carbonyl (C=O) groups is 1. The first kappa shape index (κ1) is 30.0. The van der Waals surface area contributed by atoms with E-state index in [4.69, 9.17) is 9.47 Å². The standard InChI is InChI=1S/C36H45N3O4/c1-26(41)37-22-31-7-2-3-9-34(31)28-14-16-30(17-15-28)36-42-33(21-35(43-36)29-12-10-27(25-40)11-13-29)24-39-20-6-8-32(39)23-38-18-4-5-19-38/h2-3,7,9-17,32-33,35-36,40H,4-6,8,18-25H2,1H3,(H,37,41). The normalized spacial score (nSPS) is 24.8. The third kappa shape index (κ3) is 7.54. The van der Waals surface area contributed by atoms with Crippen molar-refractivity contribution in [2.45, 2.75) is 76.7 Å². The van der Waals surface area contributed by atoms with Crippen LogP contribution >= 0.6 is 0 Å². The van der Waals surface area contributed by atoms with Crippen molar-refractivity contribution in [3.8, 4) is 11.1 Å². The molecule has 3 saturated heterocycles. The van der Waals surface area contributed by atoms with Crippen LogP contribution in [-0.4, -0.2) is 65.7 Å². The number of rotatable bonds is 10. The number of aliphatic hydroxyl groups excluding tert-OH is 1. The fraction of sp³-hybridized carbons (Fsp3) is 0.472. The number of ether oxygens (including phenoxy) is 2. The van der Waals surface area contributed by atoms with Gasteiger partial charge in [-0.25, -0.2) is 0 Å². The average molecular weight is 584 g/mol. The average Bonchev–Trinajstić information content (AvgIpc) is 3.72. The molecule has 0 spiro atoms. The van der Waals surface area contributed by atoms with E-state index < -0.39 is 6.29 Å². The van der Waals surface area contributed by atoms with E-state index in [1.165, 1.54) is 45.3 Å². The van der Waals surface area contributed by atoms with Crippen molar-refractivity contribution in [3.63, 3.8) is 0 Å². The Hall–Kier alpha value is -3.07. The molecule has 228 valence electrons. The third-order valence-corrected chi connectivity index (χ3v) is 9.26. The summed E-state index contributed by atoms with van der Waals surface area (Å²) in [5, 5.41) is 12.5. The van der Waals surface area contributed by atoms with Gasteiger partial charge in [0.15, 0.2) is 6.29 Å². The zero-order valence-corrected chi connectivity index (χ0v) is 25.3. The maximum atomic E-state index is 11.5. The summed E-state index contributed by atoms with van der Waals surface area (Å²) in [5.74, 6) is -0.0387. The molecule has 7 nitrogen and oxygen atoms in total. The van der Waals surface area contributed by atoms with Gasteiger partial charge in [0.05, 0.1) is 18.8 Å². The topological polar surface area (TPSA) is 74.3 Å².